The maximum Gasteiger partial charge on any atom is 0.150 e. The molecule has 0 bridgehead atoms. The molecule has 0 aliphatic heterocycles. The molecule has 2 aromatic rings. The van der Waals surface area contributed by atoms with E-state index in [-0.39, 0.29) is 0 Å². The van der Waals surface area contributed by atoms with E-state index in [1.54, 1.807) is 12.4 Å². The predicted molar refractivity (Wildman–Crippen MR) is 55.1 cm³/mol. The van der Waals surface area contributed by atoms with Crippen LogP contribution < -0.4 is 5.32 Å². The van der Waals surface area contributed by atoms with Crippen LogP contribution in [-0.2, 0) is 13.1 Å². The third kappa shape index (κ3) is 3.21. The number of hydrogen-bond acceptors (Lipinski definition) is 4. The van der Waals surface area contributed by atoms with E-state index in [0.717, 1.165) is 31.8 Å². The Kier molecular flexibility index (Phi) is 3.51. The zero-order valence-electron chi connectivity index (χ0n) is 8.47. The second kappa shape index (κ2) is 5.31. The van der Waals surface area contributed by atoms with Gasteiger partial charge in [-0.25, -0.2) is 4.98 Å². The van der Waals surface area contributed by atoms with Gasteiger partial charge in [0.2, 0.25) is 0 Å². The molecule has 0 radical (unpaired) electrons. The summed E-state index contributed by atoms with van der Waals surface area (Å²) >= 11 is 0. The molecule has 5 heteroatoms. The first-order chi connectivity index (χ1) is 7.45. The summed E-state index contributed by atoms with van der Waals surface area (Å²) in [6.07, 6.45) is 8.32. The van der Waals surface area contributed by atoms with Crippen molar-refractivity contribution >= 4 is 0 Å². The van der Waals surface area contributed by atoms with Gasteiger partial charge in [0.05, 0.1) is 19.1 Å². The highest BCUT2D eigenvalue weighted by Crippen LogP contribution is 1.95. The van der Waals surface area contributed by atoms with Crippen molar-refractivity contribution in [2.75, 3.05) is 6.54 Å². The summed E-state index contributed by atoms with van der Waals surface area (Å²) in [5.41, 5.74) is 0. The van der Waals surface area contributed by atoms with E-state index in [2.05, 4.69) is 20.0 Å². The molecule has 0 aromatic carbocycles. The molecule has 0 aliphatic rings. The smallest absolute Gasteiger partial charge is 0.150 e. The topological polar surface area (TPSA) is 55.9 Å². The van der Waals surface area contributed by atoms with Gasteiger partial charge in [-0.05, 0) is 13.0 Å². The molecule has 2 heterocycles. The van der Waals surface area contributed by atoms with Crippen LogP contribution in [0, 0.1) is 0 Å². The average molecular weight is 206 g/mol. The Morgan fingerprint density at radius 3 is 3.13 bits per heavy atom. The summed E-state index contributed by atoms with van der Waals surface area (Å²) in [5, 5.41) is 6.92. The fourth-order valence-electron chi connectivity index (χ4n) is 1.35. The lowest BCUT2D eigenvalue weighted by molar-refractivity contribution is 0.372. The Labute approximate surface area is 88.1 Å². The van der Waals surface area contributed by atoms with Crippen LogP contribution in [0.1, 0.15) is 12.2 Å². The zero-order chi connectivity index (χ0) is 10.3. The van der Waals surface area contributed by atoms with Crippen molar-refractivity contribution in [3.63, 3.8) is 0 Å². The van der Waals surface area contributed by atoms with Crippen LogP contribution in [-0.4, -0.2) is 21.3 Å². The van der Waals surface area contributed by atoms with Gasteiger partial charge in [-0.2, -0.15) is 0 Å². The molecule has 80 valence electrons. The minimum absolute atomic E-state index is 0.740. The lowest BCUT2D eigenvalue weighted by Crippen LogP contribution is -2.15. The number of imidazole rings is 1. The summed E-state index contributed by atoms with van der Waals surface area (Å²) in [4.78, 5) is 3.98. The Balaban J connectivity index is 1.56. The van der Waals surface area contributed by atoms with Crippen molar-refractivity contribution in [1.29, 1.82) is 0 Å². The van der Waals surface area contributed by atoms with Crippen molar-refractivity contribution in [3.8, 4) is 0 Å². The highest BCUT2D eigenvalue weighted by atomic mass is 16.5. The summed E-state index contributed by atoms with van der Waals surface area (Å²) in [6, 6.07) is 1.86. The van der Waals surface area contributed by atoms with Crippen molar-refractivity contribution in [1.82, 2.24) is 20.0 Å². The van der Waals surface area contributed by atoms with Crippen LogP contribution in [0.5, 0.6) is 0 Å². The van der Waals surface area contributed by atoms with Gasteiger partial charge in [0.1, 0.15) is 5.76 Å². The molecule has 0 saturated carbocycles. The van der Waals surface area contributed by atoms with Crippen LogP contribution in [0.4, 0.5) is 0 Å². The second-order valence-electron chi connectivity index (χ2n) is 3.31. The van der Waals surface area contributed by atoms with Gasteiger partial charge in [0.15, 0.2) is 0 Å². The molecule has 0 unspecified atom stereocenters. The number of nitrogens with one attached hydrogen (secondary N) is 1. The van der Waals surface area contributed by atoms with E-state index in [1.165, 1.54) is 0 Å². The molecule has 0 fully saturated rings. The summed E-state index contributed by atoms with van der Waals surface area (Å²) in [6.45, 7) is 2.69. The number of aromatic nitrogens is 3. The Hall–Kier alpha value is -1.62. The van der Waals surface area contributed by atoms with E-state index in [9.17, 15) is 0 Å². The summed E-state index contributed by atoms with van der Waals surface area (Å²) in [7, 11) is 0. The molecule has 0 amide bonds. The monoisotopic (exact) mass is 206 g/mol. The highest BCUT2D eigenvalue weighted by molar-refractivity contribution is 4.91. The van der Waals surface area contributed by atoms with E-state index >= 15 is 0 Å². The molecule has 0 atom stereocenters. The highest BCUT2D eigenvalue weighted by Gasteiger charge is 1.95. The molecular weight excluding hydrogens is 192 g/mol. The minimum atomic E-state index is 0.740. The molecule has 0 aliphatic carbocycles. The van der Waals surface area contributed by atoms with Gasteiger partial charge in [-0.1, -0.05) is 5.16 Å². The van der Waals surface area contributed by atoms with Crippen LogP contribution in [0.2, 0.25) is 0 Å². The van der Waals surface area contributed by atoms with Crippen molar-refractivity contribution in [3.05, 3.63) is 36.7 Å². The Morgan fingerprint density at radius 2 is 2.40 bits per heavy atom. The quantitative estimate of drug-likeness (QED) is 0.718. The summed E-state index contributed by atoms with van der Waals surface area (Å²) in [5.74, 6) is 0.873. The second-order valence-corrected chi connectivity index (χ2v) is 3.31. The largest absolute Gasteiger partial charge is 0.360 e. The van der Waals surface area contributed by atoms with Gasteiger partial charge < -0.3 is 14.4 Å². The Bertz CT molecular complexity index is 318. The van der Waals surface area contributed by atoms with Gasteiger partial charge in [0, 0.05) is 25.0 Å². The first kappa shape index (κ1) is 9.92. The van der Waals surface area contributed by atoms with Crippen molar-refractivity contribution in [2.45, 2.75) is 19.5 Å². The zero-order valence-corrected chi connectivity index (χ0v) is 8.47. The minimum Gasteiger partial charge on any atom is -0.360 e. The molecular formula is C10H14N4O. The Morgan fingerprint density at radius 1 is 1.40 bits per heavy atom. The molecule has 2 rings (SSSR count). The fourth-order valence-corrected chi connectivity index (χ4v) is 1.35. The van der Waals surface area contributed by atoms with Crippen molar-refractivity contribution in [2.24, 2.45) is 0 Å². The molecule has 1 N–H and O–H groups in total. The molecule has 2 aromatic heterocycles. The lowest BCUT2D eigenvalue weighted by atomic mass is 10.4. The van der Waals surface area contributed by atoms with E-state index in [1.807, 2.05) is 18.6 Å². The van der Waals surface area contributed by atoms with Crippen LogP contribution in [0.3, 0.4) is 0 Å². The molecule has 0 spiro atoms. The SMILES string of the molecule is c1cn(CCCNCc2ccno2)cn1. The normalized spacial score (nSPS) is 10.7. The van der Waals surface area contributed by atoms with Gasteiger partial charge in [0.25, 0.3) is 0 Å². The van der Waals surface area contributed by atoms with Crippen LogP contribution in [0.15, 0.2) is 35.5 Å². The average Bonchev–Trinajstić information content (AvgIpc) is 2.88. The van der Waals surface area contributed by atoms with Crippen LogP contribution in [0.25, 0.3) is 0 Å². The predicted octanol–water partition coefficient (Wildman–Crippen LogP) is 1.05. The number of nitrogens with zero attached hydrogens (tertiary/aromatic N) is 3. The maximum absolute atomic E-state index is 4.96. The maximum atomic E-state index is 4.96. The number of hydrogen-bond donors (Lipinski definition) is 1. The lowest BCUT2D eigenvalue weighted by Gasteiger charge is -2.02. The molecule has 0 saturated heterocycles. The van der Waals surface area contributed by atoms with E-state index in [0.29, 0.717) is 0 Å². The number of rotatable bonds is 6. The van der Waals surface area contributed by atoms with Crippen LogP contribution >= 0.6 is 0 Å². The van der Waals surface area contributed by atoms with E-state index < -0.39 is 0 Å². The third-order valence-corrected chi connectivity index (χ3v) is 2.12. The number of aryl methyl sites for hydroxylation is 1. The van der Waals surface area contributed by atoms with Gasteiger partial charge in [-0.3, -0.25) is 0 Å². The van der Waals surface area contributed by atoms with Crippen molar-refractivity contribution < 1.29 is 4.52 Å². The van der Waals surface area contributed by atoms with Gasteiger partial charge in [-0.15, -0.1) is 0 Å². The first-order valence-electron chi connectivity index (χ1n) is 5.01. The molecule has 5 nitrogen and oxygen atoms in total. The fraction of sp³-hybridized carbons (Fsp3) is 0.400. The van der Waals surface area contributed by atoms with Gasteiger partial charge >= 0.3 is 0 Å². The first-order valence-corrected chi connectivity index (χ1v) is 5.01. The molecule has 15 heavy (non-hydrogen) atoms. The third-order valence-electron chi connectivity index (χ3n) is 2.12. The van der Waals surface area contributed by atoms with E-state index in [4.69, 9.17) is 4.52 Å². The standard InChI is InChI=1S/C10H14N4O/c1(6-14-7-5-12-9-14)3-11-8-10-2-4-13-15-10/h2,4-5,7,9,11H,1,3,6,8H2. The summed E-state index contributed by atoms with van der Waals surface area (Å²) < 4.78 is 7.02.